The Balaban J connectivity index is 1.71. The Morgan fingerprint density at radius 2 is 2.07 bits per heavy atom. The van der Waals surface area contributed by atoms with E-state index in [4.69, 9.17) is 9.47 Å². The normalized spacial score (nSPS) is 16.6. The number of hydrogen-bond acceptors (Lipinski definition) is 4. The van der Waals surface area contributed by atoms with Gasteiger partial charge in [-0.3, -0.25) is 10.1 Å². The number of ether oxygens (including phenoxy) is 2. The van der Waals surface area contributed by atoms with Crippen LogP contribution >= 0.6 is 0 Å². The Kier molecular flexibility index (Phi) is 7.03. The first-order valence-electron chi connectivity index (χ1n) is 9.68. The van der Waals surface area contributed by atoms with Crippen LogP contribution in [0.1, 0.15) is 35.7 Å². The van der Waals surface area contributed by atoms with Crippen LogP contribution in [0.2, 0.25) is 0 Å². The number of benzene rings is 2. The second kappa shape index (κ2) is 9.90. The minimum atomic E-state index is -0.228. The molecule has 0 aliphatic carbocycles. The van der Waals surface area contributed by atoms with Gasteiger partial charge in [-0.25, -0.2) is 4.99 Å². The summed E-state index contributed by atoms with van der Waals surface area (Å²) >= 11 is 0. The van der Waals surface area contributed by atoms with Crippen molar-refractivity contribution in [2.24, 2.45) is 4.99 Å². The molecule has 3 rings (SSSR count). The van der Waals surface area contributed by atoms with Crippen molar-refractivity contribution in [2.75, 3.05) is 25.1 Å². The molecule has 2 aromatic carbocycles. The minimum absolute atomic E-state index is 0.108. The zero-order valence-electron chi connectivity index (χ0n) is 16.4. The summed E-state index contributed by atoms with van der Waals surface area (Å²) in [6.07, 6.45) is 2.16. The highest BCUT2D eigenvalue weighted by Gasteiger charge is 2.16. The molecule has 1 saturated heterocycles. The van der Waals surface area contributed by atoms with E-state index in [0.29, 0.717) is 24.7 Å². The second-order valence-corrected chi connectivity index (χ2v) is 6.73. The SMILES string of the molecule is CCOc1ccc(C(=O)NC(=NC[C@@H]2CCCO2)Nc2cccc(C)c2)cc1. The fourth-order valence-corrected chi connectivity index (χ4v) is 3.00. The number of aryl methyl sites for hydroxylation is 1. The first-order valence-corrected chi connectivity index (χ1v) is 9.68. The Morgan fingerprint density at radius 3 is 2.75 bits per heavy atom. The average Bonchev–Trinajstić information content (AvgIpc) is 3.20. The van der Waals surface area contributed by atoms with E-state index in [9.17, 15) is 4.79 Å². The molecule has 2 aromatic rings. The summed E-state index contributed by atoms with van der Waals surface area (Å²) in [5.74, 6) is 0.929. The molecule has 0 spiro atoms. The van der Waals surface area contributed by atoms with Gasteiger partial charge in [0.2, 0.25) is 5.96 Å². The lowest BCUT2D eigenvalue weighted by Crippen LogP contribution is -2.36. The third-order valence-corrected chi connectivity index (χ3v) is 4.42. The van der Waals surface area contributed by atoms with Gasteiger partial charge in [0.1, 0.15) is 5.75 Å². The van der Waals surface area contributed by atoms with Crippen LogP contribution in [0.25, 0.3) is 0 Å². The molecule has 0 bridgehead atoms. The molecule has 1 heterocycles. The molecule has 1 atom stereocenters. The summed E-state index contributed by atoms with van der Waals surface area (Å²) in [5, 5.41) is 6.09. The van der Waals surface area contributed by atoms with E-state index in [1.54, 1.807) is 24.3 Å². The van der Waals surface area contributed by atoms with Crippen LogP contribution in [0.5, 0.6) is 5.75 Å². The van der Waals surface area contributed by atoms with Crippen LogP contribution in [-0.4, -0.2) is 37.7 Å². The van der Waals surface area contributed by atoms with E-state index in [0.717, 1.165) is 36.4 Å². The summed E-state index contributed by atoms with van der Waals surface area (Å²) in [6.45, 7) is 5.82. The lowest BCUT2D eigenvalue weighted by Gasteiger charge is -2.14. The molecular formula is C22H27N3O3. The number of nitrogens with zero attached hydrogens (tertiary/aromatic N) is 1. The number of carbonyl (C=O) groups is 1. The fraction of sp³-hybridized carbons (Fsp3) is 0.364. The van der Waals surface area contributed by atoms with E-state index >= 15 is 0 Å². The molecule has 2 N–H and O–H groups in total. The van der Waals surface area contributed by atoms with Gasteiger partial charge in [0.25, 0.3) is 5.91 Å². The number of anilines is 1. The van der Waals surface area contributed by atoms with Crippen molar-refractivity contribution in [3.05, 3.63) is 59.7 Å². The Hall–Kier alpha value is -2.86. The Labute approximate surface area is 166 Å². The Morgan fingerprint density at radius 1 is 1.25 bits per heavy atom. The molecule has 0 aromatic heterocycles. The van der Waals surface area contributed by atoms with Gasteiger partial charge in [0.05, 0.1) is 19.3 Å². The highest BCUT2D eigenvalue weighted by Crippen LogP contribution is 2.14. The summed E-state index contributed by atoms with van der Waals surface area (Å²) in [6, 6.07) is 15.0. The predicted molar refractivity (Wildman–Crippen MR) is 111 cm³/mol. The number of carbonyl (C=O) groups excluding carboxylic acids is 1. The molecule has 6 nitrogen and oxygen atoms in total. The van der Waals surface area contributed by atoms with Crippen LogP contribution in [0.15, 0.2) is 53.5 Å². The van der Waals surface area contributed by atoms with E-state index in [1.165, 1.54) is 0 Å². The van der Waals surface area contributed by atoms with E-state index in [2.05, 4.69) is 15.6 Å². The van der Waals surface area contributed by atoms with Gasteiger partial charge in [0, 0.05) is 17.9 Å². The van der Waals surface area contributed by atoms with Crippen molar-refractivity contribution >= 4 is 17.6 Å². The zero-order chi connectivity index (χ0) is 19.8. The maximum Gasteiger partial charge on any atom is 0.257 e. The molecule has 0 saturated carbocycles. The fourth-order valence-electron chi connectivity index (χ4n) is 3.00. The van der Waals surface area contributed by atoms with E-state index in [1.807, 2.05) is 38.1 Å². The largest absolute Gasteiger partial charge is 0.494 e. The van der Waals surface area contributed by atoms with E-state index < -0.39 is 0 Å². The van der Waals surface area contributed by atoms with Gasteiger partial charge in [0.15, 0.2) is 0 Å². The topological polar surface area (TPSA) is 72.0 Å². The van der Waals surface area contributed by atoms with Crippen molar-refractivity contribution < 1.29 is 14.3 Å². The zero-order valence-corrected chi connectivity index (χ0v) is 16.4. The summed E-state index contributed by atoms with van der Waals surface area (Å²) in [7, 11) is 0. The molecule has 0 unspecified atom stereocenters. The summed E-state index contributed by atoms with van der Waals surface area (Å²) in [5.41, 5.74) is 2.54. The lowest BCUT2D eigenvalue weighted by molar-refractivity contribution is 0.0975. The quantitative estimate of drug-likeness (QED) is 0.590. The molecule has 1 aliphatic heterocycles. The number of amides is 1. The number of aliphatic imine (C=N–C) groups is 1. The van der Waals surface area contributed by atoms with Crippen molar-refractivity contribution in [3.63, 3.8) is 0 Å². The standard InChI is InChI=1S/C22H27N3O3/c1-3-27-19-11-9-17(10-12-19)21(26)25-22(23-15-20-8-5-13-28-20)24-18-7-4-6-16(2)14-18/h4,6-7,9-12,14,20H,3,5,8,13,15H2,1-2H3,(H2,23,24,25,26)/t20-/m0/s1. The molecule has 28 heavy (non-hydrogen) atoms. The van der Waals surface area contributed by atoms with Gasteiger partial charge >= 0.3 is 0 Å². The second-order valence-electron chi connectivity index (χ2n) is 6.73. The van der Waals surface area contributed by atoms with Crippen molar-refractivity contribution in [3.8, 4) is 5.75 Å². The predicted octanol–water partition coefficient (Wildman–Crippen LogP) is 3.77. The van der Waals surface area contributed by atoms with Crippen molar-refractivity contribution in [1.29, 1.82) is 0 Å². The highest BCUT2D eigenvalue weighted by molar-refractivity contribution is 6.10. The third-order valence-electron chi connectivity index (χ3n) is 4.42. The summed E-state index contributed by atoms with van der Waals surface area (Å²) in [4.78, 5) is 17.2. The maximum absolute atomic E-state index is 12.7. The molecule has 1 amide bonds. The van der Waals surface area contributed by atoms with Crippen LogP contribution < -0.4 is 15.4 Å². The molecular weight excluding hydrogens is 354 g/mol. The first kappa shape index (κ1) is 19.9. The smallest absolute Gasteiger partial charge is 0.257 e. The van der Waals surface area contributed by atoms with Gasteiger partial charge in [-0.2, -0.15) is 0 Å². The van der Waals surface area contributed by atoms with Gasteiger partial charge in [-0.1, -0.05) is 12.1 Å². The maximum atomic E-state index is 12.7. The van der Waals surface area contributed by atoms with Crippen LogP contribution in [0.4, 0.5) is 5.69 Å². The van der Waals surface area contributed by atoms with Gasteiger partial charge in [-0.15, -0.1) is 0 Å². The van der Waals surface area contributed by atoms with Crippen LogP contribution in [-0.2, 0) is 4.74 Å². The highest BCUT2D eigenvalue weighted by atomic mass is 16.5. The number of guanidine groups is 1. The average molecular weight is 381 g/mol. The molecule has 6 heteroatoms. The molecule has 0 radical (unpaired) electrons. The van der Waals surface area contributed by atoms with Crippen LogP contribution in [0.3, 0.4) is 0 Å². The van der Waals surface area contributed by atoms with Gasteiger partial charge < -0.3 is 14.8 Å². The van der Waals surface area contributed by atoms with Gasteiger partial charge in [-0.05, 0) is 68.7 Å². The summed E-state index contributed by atoms with van der Waals surface area (Å²) < 4.78 is 11.1. The molecule has 1 aliphatic rings. The third kappa shape index (κ3) is 5.82. The number of nitrogens with one attached hydrogen (secondary N) is 2. The number of rotatable bonds is 6. The monoisotopic (exact) mass is 381 g/mol. The minimum Gasteiger partial charge on any atom is -0.494 e. The number of hydrogen-bond donors (Lipinski definition) is 2. The van der Waals surface area contributed by atoms with E-state index in [-0.39, 0.29) is 12.0 Å². The molecule has 1 fully saturated rings. The van der Waals surface area contributed by atoms with Crippen molar-refractivity contribution in [2.45, 2.75) is 32.8 Å². The molecule has 148 valence electrons. The lowest BCUT2D eigenvalue weighted by atomic mass is 10.2. The van der Waals surface area contributed by atoms with Crippen LogP contribution in [0, 0.1) is 6.92 Å². The first-order chi connectivity index (χ1) is 13.6. The van der Waals surface area contributed by atoms with Crippen molar-refractivity contribution in [1.82, 2.24) is 5.32 Å². The Bertz CT molecular complexity index is 812.